The third-order valence-electron chi connectivity index (χ3n) is 3.50. The van der Waals surface area contributed by atoms with Gasteiger partial charge < -0.3 is 10.4 Å². The second kappa shape index (κ2) is 5.13. The Bertz CT molecular complexity index is 563. The molecule has 0 aromatic carbocycles. The normalized spacial score (nSPS) is 16.7. The van der Waals surface area contributed by atoms with Gasteiger partial charge in [0.1, 0.15) is 6.33 Å². The first kappa shape index (κ1) is 12.3. The van der Waals surface area contributed by atoms with Crippen LogP contribution < -0.4 is 5.32 Å². The summed E-state index contributed by atoms with van der Waals surface area (Å²) < 4.78 is 1.72. The zero-order valence-electron chi connectivity index (χ0n) is 11.1. The molecule has 0 aliphatic heterocycles. The summed E-state index contributed by atoms with van der Waals surface area (Å²) in [6.07, 6.45) is 6.00. The van der Waals surface area contributed by atoms with Crippen LogP contribution in [0.25, 0.3) is 5.65 Å². The lowest BCUT2D eigenvalue weighted by molar-refractivity contribution is 0.268. The Balaban J connectivity index is 1.93. The summed E-state index contributed by atoms with van der Waals surface area (Å²) in [5.74, 6) is 0.575. The molecule has 2 heterocycles. The highest BCUT2D eigenvalue weighted by Crippen LogP contribution is 2.39. The second-order valence-corrected chi connectivity index (χ2v) is 5.17. The molecular formula is C13H19N5O. The van der Waals surface area contributed by atoms with E-state index in [1.54, 1.807) is 10.8 Å². The molecular weight excluding hydrogens is 242 g/mol. The molecule has 0 radical (unpaired) electrons. The molecule has 0 spiro atoms. The maximum absolute atomic E-state index is 9.41. The number of aliphatic hydroxyl groups excluding tert-OH is 1. The second-order valence-electron chi connectivity index (χ2n) is 5.17. The van der Waals surface area contributed by atoms with E-state index in [0.29, 0.717) is 5.92 Å². The van der Waals surface area contributed by atoms with Gasteiger partial charge in [-0.3, -0.25) is 0 Å². The van der Waals surface area contributed by atoms with E-state index in [0.717, 1.165) is 29.9 Å². The summed E-state index contributed by atoms with van der Waals surface area (Å²) in [7, 11) is 0. The van der Waals surface area contributed by atoms with Crippen molar-refractivity contribution in [2.24, 2.45) is 0 Å². The minimum absolute atomic E-state index is 0.0555. The van der Waals surface area contributed by atoms with Gasteiger partial charge in [0.2, 0.25) is 5.65 Å². The van der Waals surface area contributed by atoms with E-state index in [2.05, 4.69) is 33.6 Å². The Morgan fingerprint density at radius 1 is 1.53 bits per heavy atom. The van der Waals surface area contributed by atoms with Crippen LogP contribution in [0.3, 0.4) is 0 Å². The van der Waals surface area contributed by atoms with Crippen molar-refractivity contribution in [2.75, 3.05) is 11.9 Å². The van der Waals surface area contributed by atoms with Crippen molar-refractivity contribution in [3.63, 3.8) is 0 Å². The summed E-state index contributed by atoms with van der Waals surface area (Å²) in [4.78, 5) is 0. The standard InChI is InChI=1S/C13H19N5O/c1-2-3-10(7-19)15-12-6-11(9-4-5-9)17-18-8-14-16-13(12)18/h6,8-10,15,19H,2-5,7H2,1H3. The first-order chi connectivity index (χ1) is 9.31. The molecule has 0 bridgehead atoms. The van der Waals surface area contributed by atoms with E-state index in [1.165, 1.54) is 12.8 Å². The summed E-state index contributed by atoms with van der Waals surface area (Å²) >= 11 is 0. The molecule has 1 fully saturated rings. The maximum Gasteiger partial charge on any atom is 0.200 e. The number of nitrogens with zero attached hydrogens (tertiary/aromatic N) is 4. The molecule has 2 aromatic heterocycles. The molecule has 1 atom stereocenters. The van der Waals surface area contributed by atoms with Crippen LogP contribution >= 0.6 is 0 Å². The zero-order valence-corrected chi connectivity index (χ0v) is 11.1. The molecule has 1 aliphatic rings. The lowest BCUT2D eigenvalue weighted by Crippen LogP contribution is -2.24. The van der Waals surface area contributed by atoms with Crippen molar-refractivity contribution < 1.29 is 5.11 Å². The quantitative estimate of drug-likeness (QED) is 0.825. The van der Waals surface area contributed by atoms with Gasteiger partial charge in [0.05, 0.1) is 18.0 Å². The molecule has 2 aromatic rings. The van der Waals surface area contributed by atoms with E-state index in [4.69, 9.17) is 0 Å². The average molecular weight is 261 g/mol. The van der Waals surface area contributed by atoms with Gasteiger partial charge in [-0.1, -0.05) is 13.3 Å². The molecule has 6 heteroatoms. The molecule has 3 rings (SSSR count). The molecule has 2 N–H and O–H groups in total. The fourth-order valence-electron chi connectivity index (χ4n) is 2.31. The van der Waals surface area contributed by atoms with E-state index in [-0.39, 0.29) is 12.6 Å². The van der Waals surface area contributed by atoms with Gasteiger partial charge in [-0.2, -0.15) is 9.61 Å². The van der Waals surface area contributed by atoms with Crippen molar-refractivity contribution in [1.29, 1.82) is 0 Å². The topological polar surface area (TPSA) is 75.3 Å². The number of fused-ring (bicyclic) bond motifs is 1. The molecule has 19 heavy (non-hydrogen) atoms. The summed E-state index contributed by atoms with van der Waals surface area (Å²) in [6.45, 7) is 2.23. The van der Waals surface area contributed by atoms with Crippen molar-refractivity contribution in [1.82, 2.24) is 19.8 Å². The van der Waals surface area contributed by atoms with Gasteiger partial charge in [-0.15, -0.1) is 10.2 Å². The van der Waals surface area contributed by atoms with Crippen LogP contribution in [0.5, 0.6) is 0 Å². The van der Waals surface area contributed by atoms with Gasteiger partial charge in [-0.05, 0) is 25.3 Å². The van der Waals surface area contributed by atoms with E-state index >= 15 is 0 Å². The highest BCUT2D eigenvalue weighted by molar-refractivity contribution is 5.67. The Hall–Kier alpha value is -1.69. The highest BCUT2D eigenvalue weighted by atomic mass is 16.3. The van der Waals surface area contributed by atoms with Crippen LogP contribution in [-0.2, 0) is 0 Å². The summed E-state index contributed by atoms with van der Waals surface area (Å²) in [5, 5.41) is 25.3. The Kier molecular flexibility index (Phi) is 3.33. The van der Waals surface area contributed by atoms with E-state index in [1.807, 2.05) is 0 Å². The lowest BCUT2D eigenvalue weighted by atomic mass is 10.1. The monoisotopic (exact) mass is 261 g/mol. The van der Waals surface area contributed by atoms with Crippen molar-refractivity contribution in [3.8, 4) is 0 Å². The molecule has 6 nitrogen and oxygen atoms in total. The van der Waals surface area contributed by atoms with Gasteiger partial charge >= 0.3 is 0 Å². The number of rotatable bonds is 6. The molecule has 102 valence electrons. The Morgan fingerprint density at radius 2 is 2.37 bits per heavy atom. The van der Waals surface area contributed by atoms with E-state index in [9.17, 15) is 5.11 Å². The average Bonchev–Trinajstić information content (AvgIpc) is 3.16. The number of aromatic nitrogens is 4. The zero-order chi connectivity index (χ0) is 13.2. The summed E-state index contributed by atoms with van der Waals surface area (Å²) in [6, 6.07) is 2.11. The number of nitrogens with one attached hydrogen (secondary N) is 1. The van der Waals surface area contributed by atoms with Crippen LogP contribution in [0.15, 0.2) is 12.4 Å². The first-order valence-electron chi connectivity index (χ1n) is 6.90. The van der Waals surface area contributed by atoms with Crippen LogP contribution in [0.2, 0.25) is 0 Å². The molecule has 1 unspecified atom stereocenters. The van der Waals surface area contributed by atoms with Crippen LogP contribution in [0.1, 0.15) is 44.2 Å². The number of hydrogen-bond donors (Lipinski definition) is 2. The van der Waals surface area contributed by atoms with Crippen molar-refractivity contribution >= 4 is 11.3 Å². The fraction of sp³-hybridized carbons (Fsp3) is 0.615. The van der Waals surface area contributed by atoms with Crippen LogP contribution in [0, 0.1) is 0 Å². The van der Waals surface area contributed by atoms with Crippen molar-refractivity contribution in [3.05, 3.63) is 18.1 Å². The fourth-order valence-corrected chi connectivity index (χ4v) is 2.31. The lowest BCUT2D eigenvalue weighted by Gasteiger charge is -2.17. The minimum Gasteiger partial charge on any atom is -0.394 e. The maximum atomic E-state index is 9.41. The number of aliphatic hydroxyl groups is 1. The third-order valence-corrected chi connectivity index (χ3v) is 3.50. The molecule has 1 aliphatic carbocycles. The minimum atomic E-state index is 0.0555. The number of anilines is 1. The smallest absolute Gasteiger partial charge is 0.200 e. The molecule has 1 saturated carbocycles. The number of hydrogen-bond acceptors (Lipinski definition) is 5. The SMILES string of the molecule is CCCC(CO)Nc1cc(C2CC2)nn2cnnc12. The third kappa shape index (κ3) is 2.53. The first-order valence-corrected chi connectivity index (χ1v) is 6.90. The largest absolute Gasteiger partial charge is 0.394 e. The van der Waals surface area contributed by atoms with Crippen LogP contribution in [0.4, 0.5) is 5.69 Å². The highest BCUT2D eigenvalue weighted by Gasteiger charge is 2.27. The predicted octanol–water partition coefficient (Wildman–Crippen LogP) is 1.57. The van der Waals surface area contributed by atoms with Gasteiger partial charge in [0.15, 0.2) is 0 Å². The van der Waals surface area contributed by atoms with Gasteiger partial charge in [-0.25, -0.2) is 0 Å². The molecule has 0 amide bonds. The van der Waals surface area contributed by atoms with Gasteiger partial charge in [0.25, 0.3) is 0 Å². The molecule has 0 saturated heterocycles. The summed E-state index contributed by atoms with van der Waals surface area (Å²) in [5.41, 5.74) is 2.73. The van der Waals surface area contributed by atoms with Gasteiger partial charge in [0, 0.05) is 12.0 Å². The Labute approximate surface area is 111 Å². The predicted molar refractivity (Wildman–Crippen MR) is 72.2 cm³/mol. The van der Waals surface area contributed by atoms with Crippen molar-refractivity contribution in [2.45, 2.75) is 44.6 Å². The van der Waals surface area contributed by atoms with Crippen LogP contribution in [-0.4, -0.2) is 37.6 Å². The Morgan fingerprint density at radius 3 is 3.05 bits per heavy atom. The van der Waals surface area contributed by atoms with E-state index < -0.39 is 0 Å².